The summed E-state index contributed by atoms with van der Waals surface area (Å²) in [6.45, 7) is 9.69. The van der Waals surface area contributed by atoms with Crippen LogP contribution in [0.15, 0.2) is 66.0 Å². The molecule has 1 fully saturated rings. The Kier molecular flexibility index (Phi) is 7.20. The monoisotopic (exact) mass is 511 g/mol. The molecule has 38 heavy (non-hydrogen) atoms. The zero-order valence-corrected chi connectivity index (χ0v) is 22.1. The van der Waals surface area contributed by atoms with Crippen molar-refractivity contribution in [1.82, 2.24) is 14.9 Å². The van der Waals surface area contributed by atoms with E-state index in [9.17, 15) is 9.59 Å². The molecule has 7 heteroatoms. The lowest BCUT2D eigenvalue weighted by Gasteiger charge is -2.26. The summed E-state index contributed by atoms with van der Waals surface area (Å²) in [4.78, 5) is 29.0. The second-order valence-corrected chi connectivity index (χ2v) is 9.78. The van der Waals surface area contributed by atoms with E-state index in [-0.39, 0.29) is 23.9 Å². The number of hydrogen-bond acceptors (Lipinski definition) is 4. The fourth-order valence-corrected chi connectivity index (χ4v) is 5.39. The number of pyridine rings is 1. The van der Waals surface area contributed by atoms with Gasteiger partial charge >= 0.3 is 0 Å². The first-order valence-electron chi connectivity index (χ1n) is 12.9. The number of carbonyl (C=O) groups is 1. The molecule has 0 spiro atoms. The number of nitrogens with zero attached hydrogens (tertiary/aromatic N) is 1. The summed E-state index contributed by atoms with van der Waals surface area (Å²) in [5.41, 5.74) is 6.29. The van der Waals surface area contributed by atoms with Crippen molar-refractivity contribution in [3.63, 3.8) is 0 Å². The molecule has 1 saturated heterocycles. The third kappa shape index (κ3) is 4.77. The van der Waals surface area contributed by atoms with Crippen LogP contribution in [0.5, 0.6) is 5.75 Å². The second kappa shape index (κ2) is 10.7. The van der Waals surface area contributed by atoms with Crippen molar-refractivity contribution in [3.05, 3.63) is 94.0 Å². The molecule has 1 amide bonds. The number of aryl methyl sites for hydroxylation is 1. The number of allylic oxidation sites excluding steroid dienone is 1. The third-order valence-corrected chi connectivity index (χ3v) is 7.39. The highest BCUT2D eigenvalue weighted by atomic mass is 16.5. The van der Waals surface area contributed by atoms with Gasteiger partial charge in [0.05, 0.1) is 30.3 Å². The van der Waals surface area contributed by atoms with Gasteiger partial charge in [0.25, 0.3) is 11.5 Å². The lowest BCUT2D eigenvalue weighted by molar-refractivity contribution is 0.0797. The standard InChI is InChI=1S/C31H33N3O4/c1-19-16-28(37-4)26(30(35)33-19)18-32-31(36)29-21(3)34(20(2)22-12-14-38-15-13-22)27-17-24(10-11-25(27)29)23-8-6-5-7-9-23/h5-11,16-17,22H,2,12-15,18H2,1,3-4H3,(H,32,36)(H,33,35). The minimum atomic E-state index is -0.276. The fourth-order valence-electron chi connectivity index (χ4n) is 5.39. The van der Waals surface area contributed by atoms with E-state index in [2.05, 4.69) is 39.6 Å². The molecule has 0 atom stereocenters. The maximum absolute atomic E-state index is 13.7. The minimum Gasteiger partial charge on any atom is -0.496 e. The number of ether oxygens (including phenoxy) is 2. The van der Waals surface area contributed by atoms with Gasteiger partial charge in [-0.3, -0.25) is 9.59 Å². The van der Waals surface area contributed by atoms with Gasteiger partial charge in [-0.1, -0.05) is 49.0 Å². The van der Waals surface area contributed by atoms with Crippen LogP contribution < -0.4 is 15.6 Å². The normalized spacial score (nSPS) is 14.0. The van der Waals surface area contributed by atoms with Gasteiger partial charge in [0.15, 0.2) is 0 Å². The summed E-state index contributed by atoms with van der Waals surface area (Å²) in [7, 11) is 1.52. The number of carbonyl (C=O) groups excluding carboxylic acids is 1. The molecule has 0 unspecified atom stereocenters. The average Bonchev–Trinajstić information content (AvgIpc) is 3.23. The first kappa shape index (κ1) is 25.5. The van der Waals surface area contributed by atoms with E-state index in [4.69, 9.17) is 9.47 Å². The van der Waals surface area contributed by atoms with Crippen LogP contribution in [0, 0.1) is 19.8 Å². The maximum atomic E-state index is 13.7. The van der Waals surface area contributed by atoms with Crippen molar-refractivity contribution < 1.29 is 14.3 Å². The van der Waals surface area contributed by atoms with E-state index in [1.165, 1.54) is 7.11 Å². The third-order valence-electron chi connectivity index (χ3n) is 7.39. The van der Waals surface area contributed by atoms with Gasteiger partial charge in [-0.2, -0.15) is 0 Å². The summed E-state index contributed by atoms with van der Waals surface area (Å²) in [6.07, 6.45) is 1.79. The number of fused-ring (bicyclic) bond motifs is 1. The largest absolute Gasteiger partial charge is 0.496 e. The van der Waals surface area contributed by atoms with Gasteiger partial charge in [0.1, 0.15) is 5.75 Å². The second-order valence-electron chi connectivity index (χ2n) is 9.78. The topological polar surface area (TPSA) is 85.3 Å². The van der Waals surface area contributed by atoms with E-state index >= 15 is 0 Å². The van der Waals surface area contributed by atoms with Crippen LogP contribution in [0.25, 0.3) is 27.7 Å². The number of nitrogens with one attached hydrogen (secondary N) is 2. The van der Waals surface area contributed by atoms with E-state index < -0.39 is 0 Å². The molecular weight excluding hydrogens is 478 g/mol. The number of methoxy groups -OCH3 is 1. The Bertz CT molecular complexity index is 1560. The van der Waals surface area contributed by atoms with E-state index in [0.29, 0.717) is 35.8 Å². The van der Waals surface area contributed by atoms with Crippen LogP contribution in [-0.2, 0) is 11.3 Å². The predicted octanol–water partition coefficient (Wildman–Crippen LogP) is 5.45. The first-order valence-corrected chi connectivity index (χ1v) is 12.9. The predicted molar refractivity (Wildman–Crippen MR) is 151 cm³/mol. The Morgan fingerprint density at radius 2 is 1.84 bits per heavy atom. The Morgan fingerprint density at radius 1 is 1.11 bits per heavy atom. The molecule has 0 bridgehead atoms. The molecule has 1 aliphatic heterocycles. The molecule has 196 valence electrons. The molecule has 3 heterocycles. The zero-order valence-electron chi connectivity index (χ0n) is 22.1. The van der Waals surface area contributed by atoms with Gasteiger partial charge in [0, 0.05) is 41.6 Å². The fraction of sp³-hybridized carbons (Fsp3) is 0.290. The number of benzene rings is 2. The molecule has 5 rings (SSSR count). The van der Waals surface area contributed by atoms with Gasteiger partial charge in [-0.15, -0.1) is 0 Å². The van der Waals surface area contributed by atoms with E-state index in [0.717, 1.165) is 46.3 Å². The van der Waals surface area contributed by atoms with Gasteiger partial charge in [-0.25, -0.2) is 0 Å². The van der Waals surface area contributed by atoms with E-state index in [1.807, 2.05) is 37.3 Å². The van der Waals surface area contributed by atoms with Crippen molar-refractivity contribution in [2.45, 2.75) is 33.2 Å². The molecule has 1 aliphatic rings. The van der Waals surface area contributed by atoms with Crippen molar-refractivity contribution in [3.8, 4) is 16.9 Å². The summed E-state index contributed by atoms with van der Waals surface area (Å²) in [5.74, 6) is 0.469. The summed E-state index contributed by atoms with van der Waals surface area (Å²) < 4.78 is 13.1. The van der Waals surface area contributed by atoms with Crippen molar-refractivity contribution in [1.29, 1.82) is 0 Å². The highest BCUT2D eigenvalue weighted by Gasteiger charge is 2.26. The Labute approximate surface area is 222 Å². The number of hydrogen-bond donors (Lipinski definition) is 2. The number of amides is 1. The average molecular weight is 512 g/mol. The molecule has 0 aliphatic carbocycles. The summed E-state index contributed by atoms with van der Waals surface area (Å²) in [5, 5.41) is 3.80. The molecule has 0 radical (unpaired) electrons. The summed E-state index contributed by atoms with van der Waals surface area (Å²) in [6, 6.07) is 18.1. The molecule has 0 saturated carbocycles. The number of rotatable bonds is 7. The highest BCUT2D eigenvalue weighted by Crippen LogP contribution is 2.36. The van der Waals surface area contributed by atoms with Gasteiger partial charge in [0.2, 0.25) is 0 Å². The van der Waals surface area contributed by atoms with E-state index in [1.54, 1.807) is 13.0 Å². The quantitative estimate of drug-likeness (QED) is 0.346. The zero-order chi connectivity index (χ0) is 26.8. The van der Waals surface area contributed by atoms with Crippen molar-refractivity contribution in [2.24, 2.45) is 5.92 Å². The Hall–Kier alpha value is -4.10. The van der Waals surface area contributed by atoms with Crippen LogP contribution in [0.1, 0.15) is 40.2 Å². The number of H-pyrrole nitrogens is 1. The number of aromatic nitrogens is 2. The summed E-state index contributed by atoms with van der Waals surface area (Å²) >= 11 is 0. The first-order chi connectivity index (χ1) is 18.4. The molecule has 2 aromatic heterocycles. The Morgan fingerprint density at radius 3 is 2.55 bits per heavy atom. The molecular formula is C31H33N3O4. The lowest BCUT2D eigenvalue weighted by atomic mass is 9.96. The minimum absolute atomic E-state index is 0.0484. The smallest absolute Gasteiger partial charge is 0.256 e. The molecule has 2 N–H and O–H groups in total. The van der Waals surface area contributed by atoms with Crippen molar-refractivity contribution >= 4 is 22.5 Å². The van der Waals surface area contributed by atoms with Crippen LogP contribution in [0.3, 0.4) is 0 Å². The number of aromatic amines is 1. The van der Waals surface area contributed by atoms with Crippen LogP contribution in [-0.4, -0.2) is 35.8 Å². The Balaban J connectivity index is 1.57. The van der Waals surface area contributed by atoms with Gasteiger partial charge < -0.3 is 24.3 Å². The van der Waals surface area contributed by atoms with Gasteiger partial charge in [-0.05, 0) is 49.9 Å². The lowest BCUT2D eigenvalue weighted by Crippen LogP contribution is -2.28. The van der Waals surface area contributed by atoms with Crippen LogP contribution in [0.2, 0.25) is 0 Å². The molecule has 7 nitrogen and oxygen atoms in total. The SMILES string of the molecule is C=C(C1CCOCC1)n1c(C)c(C(=O)NCc2c(OC)cc(C)[nH]c2=O)c2ccc(-c3ccccc3)cc21. The molecule has 4 aromatic rings. The molecule has 2 aromatic carbocycles. The highest BCUT2D eigenvalue weighted by molar-refractivity contribution is 6.10. The van der Waals surface area contributed by atoms with Crippen LogP contribution in [0.4, 0.5) is 0 Å². The maximum Gasteiger partial charge on any atom is 0.256 e. The van der Waals surface area contributed by atoms with Crippen LogP contribution >= 0.6 is 0 Å². The van der Waals surface area contributed by atoms with Crippen molar-refractivity contribution in [2.75, 3.05) is 20.3 Å².